The molecule has 0 bridgehead atoms. The van der Waals surface area contributed by atoms with Crippen molar-refractivity contribution in [3.8, 4) is 11.6 Å². The molecule has 0 spiro atoms. The van der Waals surface area contributed by atoms with E-state index in [9.17, 15) is 4.57 Å². The van der Waals surface area contributed by atoms with E-state index in [0.717, 1.165) is 0 Å². The zero-order chi connectivity index (χ0) is 10.4. The van der Waals surface area contributed by atoms with Crippen LogP contribution < -0.4 is 0 Å². The van der Waals surface area contributed by atoms with E-state index in [4.69, 9.17) is 0 Å². The lowest BCUT2D eigenvalue weighted by Gasteiger charge is -2.03. The fraction of sp³-hybridized carbons (Fsp3) is 0.364. The Hall–Kier alpha value is -1.06. The highest BCUT2D eigenvalue weighted by atomic mass is 31.2. The van der Waals surface area contributed by atoms with E-state index >= 15 is 0 Å². The average Bonchev–Trinajstić information content (AvgIpc) is 2.27. The molecule has 0 aliphatic heterocycles. The van der Waals surface area contributed by atoms with Gasteiger partial charge in [-0.2, -0.15) is 0 Å². The minimum Gasteiger partial charge on any atom is -0.310 e. The van der Waals surface area contributed by atoms with Crippen LogP contribution in [0.15, 0.2) is 24.4 Å². The molecule has 74 valence electrons. The number of hydrogen-bond donors (Lipinski definition) is 0. The third kappa shape index (κ3) is 3.01. The fourth-order valence-corrected chi connectivity index (χ4v) is 2.06. The van der Waals surface area contributed by atoms with Crippen molar-refractivity contribution >= 4 is 7.14 Å². The topological polar surface area (TPSA) is 30.0 Å². The summed E-state index contributed by atoms with van der Waals surface area (Å²) < 4.78 is 11.9. The van der Waals surface area contributed by atoms with E-state index in [0.29, 0.717) is 18.0 Å². The Balaban J connectivity index is 2.88. The van der Waals surface area contributed by atoms with Gasteiger partial charge in [0.25, 0.3) is 0 Å². The first-order chi connectivity index (χ1) is 6.70. The number of nitrogens with zero attached hydrogens (tertiary/aromatic N) is 1. The van der Waals surface area contributed by atoms with Gasteiger partial charge < -0.3 is 4.57 Å². The van der Waals surface area contributed by atoms with Crippen molar-refractivity contribution in [2.24, 2.45) is 0 Å². The van der Waals surface area contributed by atoms with Crippen molar-refractivity contribution in [2.45, 2.75) is 13.8 Å². The third-order valence-electron chi connectivity index (χ3n) is 2.07. The molecule has 0 saturated heterocycles. The molecule has 3 heteroatoms. The highest BCUT2D eigenvalue weighted by Crippen LogP contribution is 2.42. The van der Waals surface area contributed by atoms with E-state index in [-0.39, 0.29) is 0 Å². The van der Waals surface area contributed by atoms with Crippen LogP contribution in [0, 0.1) is 11.6 Å². The maximum atomic E-state index is 11.9. The standard InChI is InChI=1S/C11H14NOP/c1-3-14(13,4-2)10-8-11-7-5-6-9-12-11/h5-7,9H,3-4H2,1-2H3. The Morgan fingerprint density at radius 2 is 2.07 bits per heavy atom. The van der Waals surface area contributed by atoms with E-state index in [1.807, 2.05) is 32.0 Å². The number of hydrogen-bond acceptors (Lipinski definition) is 2. The highest BCUT2D eigenvalue weighted by molar-refractivity contribution is 7.68. The third-order valence-corrected chi connectivity index (χ3v) is 4.64. The fourth-order valence-electron chi connectivity index (χ4n) is 0.978. The minimum absolute atomic E-state index is 0.642. The van der Waals surface area contributed by atoms with Crippen LogP contribution in [0.5, 0.6) is 0 Å². The van der Waals surface area contributed by atoms with E-state index in [1.54, 1.807) is 6.20 Å². The van der Waals surface area contributed by atoms with Crippen molar-refractivity contribution in [3.05, 3.63) is 30.1 Å². The molecule has 1 rings (SSSR count). The first-order valence-corrected chi connectivity index (χ1v) is 6.80. The molecule has 0 radical (unpaired) electrons. The van der Waals surface area contributed by atoms with Crippen molar-refractivity contribution < 1.29 is 4.57 Å². The van der Waals surface area contributed by atoms with E-state index in [1.165, 1.54) is 0 Å². The van der Waals surface area contributed by atoms with Crippen LogP contribution >= 0.6 is 7.14 Å². The quantitative estimate of drug-likeness (QED) is 0.551. The van der Waals surface area contributed by atoms with Gasteiger partial charge in [-0.25, -0.2) is 4.98 Å². The Bertz CT molecular complexity index is 381. The molecular weight excluding hydrogens is 193 g/mol. The van der Waals surface area contributed by atoms with Crippen LogP contribution in [0.25, 0.3) is 0 Å². The Morgan fingerprint density at radius 1 is 1.36 bits per heavy atom. The Kier molecular flexibility index (Phi) is 3.92. The van der Waals surface area contributed by atoms with Gasteiger partial charge in [0.2, 0.25) is 0 Å². The molecule has 0 atom stereocenters. The Morgan fingerprint density at radius 3 is 2.57 bits per heavy atom. The number of rotatable bonds is 2. The molecule has 1 aromatic heterocycles. The Labute approximate surface area is 85.1 Å². The summed E-state index contributed by atoms with van der Waals surface area (Å²) in [4.78, 5) is 4.06. The van der Waals surface area contributed by atoms with Gasteiger partial charge in [0.05, 0.1) is 0 Å². The largest absolute Gasteiger partial charge is 0.310 e. The molecule has 1 heterocycles. The summed E-state index contributed by atoms with van der Waals surface area (Å²) in [7, 11) is -2.25. The van der Waals surface area contributed by atoms with Gasteiger partial charge in [0.1, 0.15) is 5.69 Å². The molecule has 0 amide bonds. The first-order valence-electron chi connectivity index (χ1n) is 4.72. The van der Waals surface area contributed by atoms with Gasteiger partial charge in [-0.05, 0) is 23.7 Å². The van der Waals surface area contributed by atoms with Crippen LogP contribution in [-0.4, -0.2) is 17.3 Å². The molecule has 1 aromatic rings. The van der Waals surface area contributed by atoms with Crippen LogP contribution in [0.2, 0.25) is 0 Å². The summed E-state index contributed by atoms with van der Waals surface area (Å²) in [5, 5.41) is 0. The van der Waals surface area contributed by atoms with Gasteiger partial charge in [0.15, 0.2) is 7.14 Å². The van der Waals surface area contributed by atoms with Crippen LogP contribution in [-0.2, 0) is 4.57 Å². The lowest BCUT2D eigenvalue weighted by molar-refractivity contribution is 0.583. The smallest absolute Gasteiger partial charge is 0.154 e. The highest BCUT2D eigenvalue weighted by Gasteiger charge is 2.11. The second kappa shape index (κ2) is 4.98. The number of pyridine rings is 1. The van der Waals surface area contributed by atoms with Crippen molar-refractivity contribution in [2.75, 3.05) is 12.3 Å². The van der Waals surface area contributed by atoms with Gasteiger partial charge in [0, 0.05) is 18.5 Å². The zero-order valence-corrected chi connectivity index (χ0v) is 9.42. The summed E-state index contributed by atoms with van der Waals surface area (Å²) in [5.41, 5.74) is 3.54. The normalized spacial score (nSPS) is 10.4. The predicted molar refractivity (Wildman–Crippen MR) is 59.8 cm³/mol. The maximum Gasteiger partial charge on any atom is 0.154 e. The minimum atomic E-state index is -2.25. The summed E-state index contributed by atoms with van der Waals surface area (Å²) in [6, 6.07) is 5.53. The van der Waals surface area contributed by atoms with Crippen molar-refractivity contribution in [1.82, 2.24) is 4.98 Å². The van der Waals surface area contributed by atoms with Gasteiger partial charge in [-0.1, -0.05) is 19.9 Å². The summed E-state index contributed by atoms with van der Waals surface area (Å²) in [6.07, 6.45) is 2.97. The molecule has 0 saturated carbocycles. The predicted octanol–water partition coefficient (Wildman–Crippen LogP) is 2.79. The monoisotopic (exact) mass is 207 g/mol. The lowest BCUT2D eigenvalue weighted by atomic mass is 10.4. The molecule has 0 fully saturated rings. The van der Waals surface area contributed by atoms with Crippen molar-refractivity contribution in [3.63, 3.8) is 0 Å². The zero-order valence-electron chi connectivity index (χ0n) is 8.53. The first kappa shape index (κ1) is 11.0. The molecule has 14 heavy (non-hydrogen) atoms. The van der Waals surface area contributed by atoms with E-state index in [2.05, 4.69) is 16.6 Å². The molecule has 0 aromatic carbocycles. The average molecular weight is 207 g/mol. The van der Waals surface area contributed by atoms with Crippen LogP contribution in [0.3, 0.4) is 0 Å². The molecule has 0 unspecified atom stereocenters. The van der Waals surface area contributed by atoms with Gasteiger partial charge in [-0.15, -0.1) is 0 Å². The number of aromatic nitrogens is 1. The summed E-state index contributed by atoms with van der Waals surface area (Å²) >= 11 is 0. The second-order valence-corrected chi connectivity index (χ2v) is 6.24. The molecule has 0 aliphatic rings. The lowest BCUT2D eigenvalue weighted by Crippen LogP contribution is -1.86. The molecular formula is C11H14NOP. The van der Waals surface area contributed by atoms with Crippen LogP contribution in [0.4, 0.5) is 0 Å². The van der Waals surface area contributed by atoms with Crippen LogP contribution in [0.1, 0.15) is 19.5 Å². The van der Waals surface area contributed by atoms with Gasteiger partial charge in [-0.3, -0.25) is 0 Å². The second-order valence-electron chi connectivity index (χ2n) is 2.97. The SMILES string of the molecule is CCP(=O)(C#Cc1ccccn1)CC. The van der Waals surface area contributed by atoms with Gasteiger partial charge >= 0.3 is 0 Å². The molecule has 0 aliphatic carbocycles. The van der Waals surface area contributed by atoms with Crippen molar-refractivity contribution in [1.29, 1.82) is 0 Å². The van der Waals surface area contributed by atoms with E-state index < -0.39 is 7.14 Å². The molecule has 2 nitrogen and oxygen atoms in total. The molecule has 0 N–H and O–H groups in total. The maximum absolute atomic E-state index is 11.9. The summed E-state index contributed by atoms with van der Waals surface area (Å²) in [5.74, 6) is 2.86. The summed E-state index contributed by atoms with van der Waals surface area (Å²) in [6.45, 7) is 3.83.